The Bertz CT molecular complexity index is 1700. The number of amides is 2. The number of methoxy groups -OCH3 is 1. The zero-order valence-corrected chi connectivity index (χ0v) is 28.0. The molecule has 0 bridgehead atoms. The topological polar surface area (TPSA) is 105 Å². The van der Waals surface area contributed by atoms with Crippen LogP contribution in [-0.2, 0) is 32.6 Å². The minimum Gasteiger partial charge on any atom is -0.497 e. The van der Waals surface area contributed by atoms with Gasteiger partial charge in [-0.3, -0.25) is 13.9 Å². The SMILES string of the molecule is CCCCNC(=O)[C@@H](Cc1ccccc1)N(Cc1cccc(OC)c1)C(=O)CN(c1ccccc1OCC)S(=O)(=O)c1ccccc1. The van der Waals surface area contributed by atoms with Crippen LogP contribution in [0.2, 0.25) is 0 Å². The molecule has 0 saturated heterocycles. The third-order valence-corrected chi connectivity index (χ3v) is 9.41. The zero-order chi connectivity index (χ0) is 33.6. The largest absolute Gasteiger partial charge is 0.497 e. The Kier molecular flexibility index (Phi) is 12.8. The molecule has 2 amide bonds. The fraction of sp³-hybridized carbons (Fsp3) is 0.297. The highest BCUT2D eigenvalue weighted by Gasteiger charge is 2.35. The van der Waals surface area contributed by atoms with E-state index >= 15 is 0 Å². The van der Waals surface area contributed by atoms with Gasteiger partial charge in [0.15, 0.2) is 0 Å². The summed E-state index contributed by atoms with van der Waals surface area (Å²) in [6.45, 7) is 4.06. The summed E-state index contributed by atoms with van der Waals surface area (Å²) in [5, 5.41) is 3.01. The van der Waals surface area contributed by atoms with Crippen molar-refractivity contribution in [3.63, 3.8) is 0 Å². The van der Waals surface area contributed by atoms with E-state index in [1.807, 2.05) is 49.4 Å². The van der Waals surface area contributed by atoms with Gasteiger partial charge in [0.1, 0.15) is 24.1 Å². The van der Waals surface area contributed by atoms with Crippen LogP contribution in [0.25, 0.3) is 0 Å². The molecule has 9 nitrogen and oxygen atoms in total. The maximum atomic E-state index is 14.7. The van der Waals surface area contributed by atoms with Crippen molar-refractivity contribution in [2.75, 3.05) is 31.1 Å². The van der Waals surface area contributed by atoms with Crippen LogP contribution in [0.15, 0.2) is 114 Å². The number of carbonyl (C=O) groups excluding carboxylic acids is 2. The molecule has 0 spiro atoms. The van der Waals surface area contributed by atoms with E-state index in [9.17, 15) is 18.0 Å². The van der Waals surface area contributed by atoms with Crippen LogP contribution in [0.4, 0.5) is 5.69 Å². The molecule has 4 aromatic rings. The van der Waals surface area contributed by atoms with Gasteiger partial charge >= 0.3 is 0 Å². The van der Waals surface area contributed by atoms with Gasteiger partial charge in [-0.1, -0.05) is 86.1 Å². The number of nitrogens with one attached hydrogen (secondary N) is 1. The van der Waals surface area contributed by atoms with Crippen LogP contribution < -0.4 is 19.1 Å². The Morgan fingerprint density at radius 1 is 0.830 bits per heavy atom. The van der Waals surface area contributed by atoms with Gasteiger partial charge in [-0.15, -0.1) is 0 Å². The molecule has 0 unspecified atom stereocenters. The maximum Gasteiger partial charge on any atom is 0.264 e. The molecule has 47 heavy (non-hydrogen) atoms. The van der Waals surface area contributed by atoms with Crippen LogP contribution in [0.5, 0.6) is 11.5 Å². The fourth-order valence-corrected chi connectivity index (χ4v) is 6.65. The smallest absolute Gasteiger partial charge is 0.264 e. The molecule has 4 aromatic carbocycles. The van der Waals surface area contributed by atoms with Crippen molar-refractivity contribution >= 4 is 27.5 Å². The molecular formula is C37H43N3O6S. The van der Waals surface area contributed by atoms with E-state index in [1.165, 1.54) is 17.0 Å². The van der Waals surface area contributed by atoms with Crippen LogP contribution in [0.3, 0.4) is 0 Å². The lowest BCUT2D eigenvalue weighted by atomic mass is 10.0. The lowest BCUT2D eigenvalue weighted by Gasteiger charge is -2.34. The number of hydrogen-bond donors (Lipinski definition) is 1. The molecule has 0 saturated carbocycles. The third kappa shape index (κ3) is 9.36. The Hall–Kier alpha value is -4.83. The second-order valence-electron chi connectivity index (χ2n) is 10.9. The minimum atomic E-state index is -4.24. The molecular weight excluding hydrogens is 614 g/mol. The predicted octanol–water partition coefficient (Wildman–Crippen LogP) is 5.85. The summed E-state index contributed by atoms with van der Waals surface area (Å²) in [6.07, 6.45) is 1.90. The average Bonchev–Trinajstić information content (AvgIpc) is 3.10. The highest BCUT2D eigenvalue weighted by molar-refractivity contribution is 7.92. The number of carbonyl (C=O) groups is 2. The standard InChI is InChI=1S/C37H43N3O6S/c1-4-6-24-38-37(42)34(26-29-16-9-7-10-17-29)39(27-30-18-15-19-31(25-30)45-3)36(41)28-40(33-22-13-14-23-35(33)46-5-2)47(43,44)32-20-11-8-12-21-32/h7-23,25,34H,4-6,24,26-28H2,1-3H3,(H,38,42)/t34-/m1/s1. The highest BCUT2D eigenvalue weighted by Crippen LogP contribution is 2.33. The second kappa shape index (κ2) is 17.2. The molecule has 0 aromatic heterocycles. The normalized spacial score (nSPS) is 11.7. The van der Waals surface area contributed by atoms with E-state index in [-0.39, 0.29) is 29.5 Å². The van der Waals surface area contributed by atoms with Crippen LogP contribution in [-0.4, -0.2) is 58.0 Å². The van der Waals surface area contributed by atoms with Crippen molar-refractivity contribution in [1.82, 2.24) is 10.2 Å². The first-order chi connectivity index (χ1) is 22.8. The van der Waals surface area contributed by atoms with Crippen LogP contribution in [0, 0.1) is 0 Å². The number of sulfonamides is 1. The number of anilines is 1. The van der Waals surface area contributed by atoms with Gasteiger partial charge in [0.05, 0.1) is 24.3 Å². The first kappa shape index (κ1) is 35.0. The van der Waals surface area contributed by atoms with E-state index in [1.54, 1.807) is 68.6 Å². The van der Waals surface area contributed by atoms with E-state index in [4.69, 9.17) is 9.47 Å². The Balaban J connectivity index is 1.83. The molecule has 0 aliphatic heterocycles. The third-order valence-electron chi connectivity index (χ3n) is 7.63. The lowest BCUT2D eigenvalue weighted by molar-refractivity contribution is -0.140. The Morgan fingerprint density at radius 3 is 2.17 bits per heavy atom. The summed E-state index contributed by atoms with van der Waals surface area (Å²) < 4.78 is 40.9. The average molecular weight is 658 g/mol. The Labute approximate surface area is 278 Å². The summed E-state index contributed by atoms with van der Waals surface area (Å²) in [5.74, 6) is 0.0524. The first-order valence-electron chi connectivity index (χ1n) is 15.8. The van der Waals surface area contributed by atoms with Crippen molar-refractivity contribution in [3.8, 4) is 11.5 Å². The van der Waals surface area contributed by atoms with Crippen molar-refractivity contribution in [3.05, 3.63) is 120 Å². The van der Waals surface area contributed by atoms with E-state index in [0.29, 0.717) is 24.7 Å². The fourth-order valence-electron chi connectivity index (χ4n) is 5.20. The maximum absolute atomic E-state index is 14.7. The summed E-state index contributed by atoms with van der Waals surface area (Å²) in [5.41, 5.74) is 1.81. The van der Waals surface area contributed by atoms with Crippen LogP contribution in [0.1, 0.15) is 37.8 Å². The molecule has 0 radical (unpaired) electrons. The number of hydrogen-bond acceptors (Lipinski definition) is 6. The number of unbranched alkanes of at least 4 members (excludes halogenated alkanes) is 1. The number of benzene rings is 4. The lowest BCUT2D eigenvalue weighted by Crippen LogP contribution is -2.53. The summed E-state index contributed by atoms with van der Waals surface area (Å²) >= 11 is 0. The molecule has 248 valence electrons. The van der Waals surface area contributed by atoms with E-state index in [2.05, 4.69) is 5.32 Å². The molecule has 10 heteroatoms. The highest BCUT2D eigenvalue weighted by atomic mass is 32.2. The molecule has 0 aliphatic rings. The monoisotopic (exact) mass is 657 g/mol. The van der Waals surface area contributed by atoms with Gasteiger partial charge in [0.2, 0.25) is 11.8 Å². The molecule has 1 atom stereocenters. The Morgan fingerprint density at radius 2 is 1.49 bits per heavy atom. The van der Waals surface area contributed by atoms with Gasteiger partial charge in [-0.05, 0) is 60.9 Å². The van der Waals surface area contributed by atoms with Gasteiger partial charge < -0.3 is 19.7 Å². The van der Waals surface area contributed by atoms with Gasteiger partial charge in [-0.25, -0.2) is 8.42 Å². The number of rotatable bonds is 17. The van der Waals surface area contributed by atoms with E-state index < -0.39 is 28.5 Å². The predicted molar refractivity (Wildman–Crippen MR) is 184 cm³/mol. The zero-order valence-electron chi connectivity index (χ0n) is 27.2. The summed E-state index contributed by atoms with van der Waals surface area (Å²) in [6, 6.07) is 30.5. The van der Waals surface area contributed by atoms with E-state index in [0.717, 1.165) is 28.3 Å². The van der Waals surface area contributed by atoms with Crippen LogP contribution >= 0.6 is 0 Å². The van der Waals surface area contributed by atoms with Crippen molar-refractivity contribution in [2.45, 2.75) is 50.6 Å². The van der Waals surface area contributed by atoms with Gasteiger partial charge in [0.25, 0.3) is 10.0 Å². The van der Waals surface area contributed by atoms with Gasteiger partial charge in [0, 0.05) is 19.5 Å². The summed E-state index contributed by atoms with van der Waals surface area (Å²) in [4.78, 5) is 30.1. The molecule has 0 heterocycles. The second-order valence-corrected chi connectivity index (χ2v) is 12.8. The first-order valence-corrected chi connectivity index (χ1v) is 17.3. The molecule has 4 rings (SSSR count). The van der Waals surface area contributed by atoms with Crippen molar-refractivity contribution in [1.29, 1.82) is 0 Å². The molecule has 0 aliphatic carbocycles. The number of nitrogens with zero attached hydrogens (tertiary/aromatic N) is 2. The molecule has 1 N–H and O–H groups in total. The number of para-hydroxylation sites is 2. The number of ether oxygens (including phenoxy) is 2. The van der Waals surface area contributed by atoms with Crippen molar-refractivity contribution < 1.29 is 27.5 Å². The minimum absolute atomic E-state index is 0.0246. The van der Waals surface area contributed by atoms with Gasteiger partial charge in [-0.2, -0.15) is 0 Å². The quantitative estimate of drug-likeness (QED) is 0.143. The van der Waals surface area contributed by atoms with Crippen molar-refractivity contribution in [2.24, 2.45) is 0 Å². The summed E-state index contributed by atoms with van der Waals surface area (Å²) in [7, 11) is -2.69. The molecule has 0 fully saturated rings.